The smallest absolute Gasteiger partial charge is 0.474 e. The molecule has 108 valence electrons. The van der Waals surface area contributed by atoms with Crippen LogP contribution in [0.2, 0.25) is 0 Å². The van der Waals surface area contributed by atoms with E-state index in [0.717, 1.165) is 12.8 Å². The van der Waals surface area contributed by atoms with Gasteiger partial charge in [-0.15, -0.1) is 0 Å². The molecule has 0 aromatic carbocycles. The first-order chi connectivity index (χ1) is 9.28. The lowest BCUT2D eigenvalue weighted by molar-refractivity contribution is 0.00578. The molecule has 1 saturated carbocycles. The van der Waals surface area contributed by atoms with Crippen LogP contribution in [0.25, 0.3) is 0 Å². The van der Waals surface area contributed by atoms with Crippen molar-refractivity contribution in [2.24, 2.45) is 0 Å². The summed E-state index contributed by atoms with van der Waals surface area (Å²) in [4.78, 5) is 3.84. The number of rotatable bonds is 3. The Hall–Kier alpha value is -1.14. The molecule has 2 aliphatic rings. The van der Waals surface area contributed by atoms with Crippen LogP contribution >= 0.6 is 0 Å². The third kappa shape index (κ3) is 2.42. The Balaban J connectivity index is 1.80. The van der Waals surface area contributed by atoms with Gasteiger partial charge in [-0.3, -0.25) is 0 Å². The maximum Gasteiger partial charge on any atom is 0.499 e. The highest BCUT2D eigenvalue weighted by atomic mass is 19.1. The molecule has 1 aliphatic heterocycles. The minimum absolute atomic E-state index is 0.199. The van der Waals surface area contributed by atoms with Crippen LogP contribution in [0.5, 0.6) is 5.88 Å². The van der Waals surface area contributed by atoms with Gasteiger partial charge in [0.05, 0.1) is 11.2 Å². The Morgan fingerprint density at radius 1 is 1.20 bits per heavy atom. The molecule has 1 aromatic heterocycles. The van der Waals surface area contributed by atoms with Crippen LogP contribution < -0.4 is 10.2 Å². The van der Waals surface area contributed by atoms with E-state index < -0.39 is 24.3 Å². The summed E-state index contributed by atoms with van der Waals surface area (Å²) in [5, 5.41) is 0. The van der Waals surface area contributed by atoms with Crippen molar-refractivity contribution in [3.63, 3.8) is 0 Å². The van der Waals surface area contributed by atoms with Gasteiger partial charge < -0.3 is 14.0 Å². The molecule has 20 heavy (non-hydrogen) atoms. The lowest BCUT2D eigenvalue weighted by Crippen LogP contribution is -2.41. The van der Waals surface area contributed by atoms with Crippen molar-refractivity contribution in [2.75, 3.05) is 0 Å². The van der Waals surface area contributed by atoms with Crippen LogP contribution in [0.1, 0.15) is 40.5 Å². The van der Waals surface area contributed by atoms with Gasteiger partial charge >= 0.3 is 7.12 Å². The Kier molecular flexibility index (Phi) is 3.06. The fraction of sp³-hybridized carbons (Fsp3) is 0.643. The van der Waals surface area contributed by atoms with Crippen molar-refractivity contribution in [2.45, 2.75) is 57.8 Å². The Labute approximate surface area is 118 Å². The van der Waals surface area contributed by atoms with Crippen LogP contribution in [0.4, 0.5) is 4.39 Å². The van der Waals surface area contributed by atoms with Crippen molar-refractivity contribution in [3.05, 3.63) is 18.1 Å². The van der Waals surface area contributed by atoms with E-state index in [1.165, 1.54) is 0 Å². The van der Waals surface area contributed by atoms with Gasteiger partial charge in [-0.25, -0.2) is 0 Å². The summed E-state index contributed by atoms with van der Waals surface area (Å²) in [6, 6.07) is 3.30. The van der Waals surface area contributed by atoms with Crippen molar-refractivity contribution in [1.29, 1.82) is 0 Å². The van der Waals surface area contributed by atoms with Gasteiger partial charge in [-0.1, -0.05) is 6.07 Å². The van der Waals surface area contributed by atoms with E-state index in [1.54, 1.807) is 12.1 Å². The van der Waals surface area contributed by atoms with E-state index in [4.69, 9.17) is 14.0 Å². The second-order valence-corrected chi connectivity index (χ2v) is 6.43. The van der Waals surface area contributed by atoms with Crippen LogP contribution in [-0.4, -0.2) is 29.4 Å². The van der Waals surface area contributed by atoms with Crippen LogP contribution in [0.3, 0.4) is 0 Å². The van der Waals surface area contributed by atoms with E-state index in [-0.39, 0.29) is 6.10 Å². The zero-order chi connectivity index (χ0) is 14.5. The van der Waals surface area contributed by atoms with Crippen LogP contribution in [0.15, 0.2) is 12.1 Å². The average Bonchev–Trinajstić information content (AvgIpc) is 3.07. The first-order valence-corrected chi connectivity index (χ1v) is 6.97. The molecule has 1 saturated heterocycles. The van der Waals surface area contributed by atoms with Gasteiger partial charge in [-0.05, 0) is 40.5 Å². The SMILES string of the molecule is CC1(C)OB(c2ccc(OC3CC3)nc2F)OC1(C)C. The molecule has 4 nitrogen and oxygen atoms in total. The summed E-state index contributed by atoms with van der Waals surface area (Å²) in [6.07, 6.45) is 2.23. The fourth-order valence-electron chi connectivity index (χ4n) is 2.00. The third-order valence-electron chi connectivity index (χ3n) is 4.17. The summed E-state index contributed by atoms with van der Waals surface area (Å²) in [5.41, 5.74) is -0.674. The van der Waals surface area contributed by atoms with Gasteiger partial charge in [0, 0.05) is 11.5 Å². The fourth-order valence-corrected chi connectivity index (χ4v) is 2.00. The van der Waals surface area contributed by atoms with Crippen LogP contribution in [0, 0.1) is 5.95 Å². The maximum absolute atomic E-state index is 14.1. The molecule has 1 aromatic rings. The molecule has 0 radical (unpaired) electrons. The van der Waals surface area contributed by atoms with Gasteiger partial charge in [0.1, 0.15) is 6.10 Å². The number of nitrogens with zero attached hydrogens (tertiary/aromatic N) is 1. The predicted molar refractivity (Wildman–Crippen MR) is 73.6 cm³/mol. The van der Waals surface area contributed by atoms with Gasteiger partial charge in [0.2, 0.25) is 11.8 Å². The number of aromatic nitrogens is 1. The molecule has 0 bridgehead atoms. The quantitative estimate of drug-likeness (QED) is 0.627. The zero-order valence-electron chi connectivity index (χ0n) is 12.3. The summed E-state index contributed by atoms with van der Waals surface area (Å²) >= 11 is 0. The first kappa shape index (κ1) is 13.8. The number of pyridine rings is 1. The summed E-state index contributed by atoms with van der Waals surface area (Å²) in [6.45, 7) is 7.73. The van der Waals surface area contributed by atoms with Crippen molar-refractivity contribution < 1.29 is 18.4 Å². The molecule has 2 heterocycles. The van der Waals surface area contributed by atoms with Gasteiger partial charge in [0.25, 0.3) is 0 Å². The van der Waals surface area contributed by atoms with E-state index in [2.05, 4.69) is 4.98 Å². The second kappa shape index (κ2) is 4.43. The highest BCUT2D eigenvalue weighted by Crippen LogP contribution is 2.36. The molecular weight excluding hydrogens is 260 g/mol. The molecule has 6 heteroatoms. The molecule has 0 amide bonds. The monoisotopic (exact) mass is 279 g/mol. The Bertz CT molecular complexity index is 515. The average molecular weight is 279 g/mol. The van der Waals surface area contributed by atoms with Gasteiger partial charge in [-0.2, -0.15) is 9.37 Å². The van der Waals surface area contributed by atoms with E-state index >= 15 is 0 Å². The van der Waals surface area contributed by atoms with E-state index in [9.17, 15) is 4.39 Å². The molecule has 0 spiro atoms. The molecule has 2 fully saturated rings. The molecular formula is C14H19BFNO3. The number of ether oxygens (including phenoxy) is 1. The van der Waals surface area contributed by atoms with E-state index in [0.29, 0.717) is 11.3 Å². The highest BCUT2D eigenvalue weighted by Gasteiger charge is 2.52. The molecule has 0 atom stereocenters. The molecule has 0 unspecified atom stereocenters. The molecule has 3 rings (SSSR count). The van der Waals surface area contributed by atoms with Crippen LogP contribution in [-0.2, 0) is 9.31 Å². The summed E-state index contributed by atoms with van der Waals surface area (Å²) in [7, 11) is -0.734. The lowest BCUT2D eigenvalue weighted by atomic mass is 9.80. The normalized spacial score (nSPS) is 23.9. The predicted octanol–water partition coefficient (Wildman–Crippen LogP) is 2.06. The number of hydrogen-bond acceptors (Lipinski definition) is 4. The summed E-state index contributed by atoms with van der Waals surface area (Å²) in [5.74, 6) is -0.271. The second-order valence-electron chi connectivity index (χ2n) is 6.43. The minimum Gasteiger partial charge on any atom is -0.474 e. The van der Waals surface area contributed by atoms with Crippen molar-refractivity contribution in [1.82, 2.24) is 4.98 Å². The Morgan fingerprint density at radius 3 is 2.30 bits per heavy atom. The number of halogens is 1. The molecule has 0 N–H and O–H groups in total. The summed E-state index contributed by atoms with van der Waals surface area (Å²) < 4.78 is 31.2. The number of hydrogen-bond donors (Lipinski definition) is 0. The first-order valence-electron chi connectivity index (χ1n) is 6.97. The largest absolute Gasteiger partial charge is 0.499 e. The topological polar surface area (TPSA) is 40.6 Å². The minimum atomic E-state index is -0.734. The third-order valence-corrected chi connectivity index (χ3v) is 4.17. The van der Waals surface area contributed by atoms with E-state index in [1.807, 2.05) is 27.7 Å². The lowest BCUT2D eigenvalue weighted by Gasteiger charge is -2.32. The maximum atomic E-state index is 14.1. The zero-order valence-corrected chi connectivity index (χ0v) is 12.3. The standard InChI is InChI=1S/C14H19BFNO3/c1-13(2)14(3,4)20-15(19-13)10-7-8-11(17-12(10)16)18-9-5-6-9/h7-9H,5-6H2,1-4H3. The van der Waals surface area contributed by atoms with Gasteiger partial charge in [0.15, 0.2) is 0 Å². The highest BCUT2D eigenvalue weighted by molar-refractivity contribution is 6.62. The Morgan fingerprint density at radius 2 is 1.80 bits per heavy atom. The van der Waals surface area contributed by atoms with Crippen molar-refractivity contribution in [3.8, 4) is 5.88 Å². The van der Waals surface area contributed by atoms with Crippen molar-refractivity contribution >= 4 is 12.6 Å². The molecule has 1 aliphatic carbocycles.